The standard InChI is InChI=1S/C31H32N6O2/c1-19(2)34-28-27-30(33-18-32-28)37(17-20-11-13-36(16-20)31(38)23-7-8-23)29(35-27)22-5-3-21(4-6-22)24-9-10-26-25(15-24)12-14-39-26/h3-6,9-10,12,14-15,18-20,23H,7-8,11,13,16-17H2,1-2H3,(H,32,33,34). The van der Waals surface area contributed by atoms with Crippen molar-refractivity contribution in [2.75, 3.05) is 18.4 Å². The van der Waals surface area contributed by atoms with Gasteiger partial charge in [-0.15, -0.1) is 0 Å². The Bertz CT molecular complexity index is 1660. The summed E-state index contributed by atoms with van der Waals surface area (Å²) in [6.07, 6.45) is 6.42. The molecule has 0 radical (unpaired) electrons. The van der Waals surface area contributed by atoms with E-state index >= 15 is 0 Å². The van der Waals surface area contributed by atoms with E-state index in [2.05, 4.69) is 75.0 Å². The molecule has 7 rings (SSSR count). The molecule has 1 aliphatic carbocycles. The van der Waals surface area contributed by atoms with Crippen molar-refractivity contribution in [3.8, 4) is 22.5 Å². The average Bonchev–Trinajstić information content (AvgIpc) is 3.33. The van der Waals surface area contributed by atoms with Gasteiger partial charge in [0.1, 0.15) is 17.7 Å². The summed E-state index contributed by atoms with van der Waals surface area (Å²) in [4.78, 5) is 29.0. The van der Waals surface area contributed by atoms with Gasteiger partial charge in [-0.25, -0.2) is 15.0 Å². The molecule has 1 saturated carbocycles. The van der Waals surface area contributed by atoms with Crippen molar-refractivity contribution in [1.82, 2.24) is 24.4 Å². The van der Waals surface area contributed by atoms with E-state index in [1.807, 2.05) is 12.1 Å². The Labute approximate surface area is 227 Å². The molecule has 5 aromatic rings. The smallest absolute Gasteiger partial charge is 0.225 e. The molecular weight excluding hydrogens is 488 g/mol. The summed E-state index contributed by atoms with van der Waals surface area (Å²) in [5.74, 6) is 2.58. The highest BCUT2D eigenvalue weighted by Gasteiger charge is 2.37. The Morgan fingerprint density at radius 3 is 2.62 bits per heavy atom. The van der Waals surface area contributed by atoms with Crippen molar-refractivity contribution in [3.05, 3.63) is 61.1 Å². The lowest BCUT2D eigenvalue weighted by Gasteiger charge is -2.17. The summed E-state index contributed by atoms with van der Waals surface area (Å²) < 4.78 is 7.73. The second kappa shape index (κ2) is 9.52. The first-order chi connectivity index (χ1) is 19.0. The molecule has 1 N–H and O–H groups in total. The van der Waals surface area contributed by atoms with Crippen molar-refractivity contribution in [2.45, 2.75) is 45.7 Å². The third kappa shape index (κ3) is 4.54. The number of rotatable bonds is 7. The third-order valence-electron chi connectivity index (χ3n) is 7.85. The van der Waals surface area contributed by atoms with Gasteiger partial charge < -0.3 is 19.2 Å². The van der Waals surface area contributed by atoms with Gasteiger partial charge in [-0.3, -0.25) is 4.79 Å². The van der Waals surface area contributed by atoms with Crippen LogP contribution in [0.5, 0.6) is 0 Å². The number of nitrogens with one attached hydrogen (secondary N) is 1. The van der Waals surface area contributed by atoms with Crippen molar-refractivity contribution in [2.24, 2.45) is 11.8 Å². The molecule has 1 atom stereocenters. The predicted molar refractivity (Wildman–Crippen MR) is 152 cm³/mol. The summed E-state index contributed by atoms with van der Waals surface area (Å²) in [6, 6.07) is 17.0. The van der Waals surface area contributed by atoms with Gasteiger partial charge in [0.2, 0.25) is 5.91 Å². The molecule has 2 aliphatic rings. The first-order valence-electron chi connectivity index (χ1n) is 13.9. The number of carbonyl (C=O) groups excluding carboxylic acids is 1. The van der Waals surface area contributed by atoms with Crippen LogP contribution in [0, 0.1) is 11.8 Å². The molecular formula is C31H32N6O2. The zero-order valence-electron chi connectivity index (χ0n) is 22.3. The number of hydrogen-bond donors (Lipinski definition) is 1. The van der Waals surface area contributed by atoms with Crippen LogP contribution in [-0.2, 0) is 11.3 Å². The molecule has 0 spiro atoms. The summed E-state index contributed by atoms with van der Waals surface area (Å²) in [6.45, 7) is 6.58. The zero-order valence-corrected chi connectivity index (χ0v) is 22.3. The molecule has 8 heteroatoms. The largest absolute Gasteiger partial charge is 0.464 e. The highest BCUT2D eigenvalue weighted by atomic mass is 16.3. The number of nitrogens with zero attached hydrogens (tertiary/aromatic N) is 5. The molecule has 2 aromatic carbocycles. The molecule has 1 unspecified atom stereocenters. The Kier molecular flexibility index (Phi) is 5.83. The molecule has 39 heavy (non-hydrogen) atoms. The number of carbonyl (C=O) groups is 1. The van der Waals surface area contributed by atoms with E-state index in [1.54, 1.807) is 12.6 Å². The Hall–Kier alpha value is -4.20. The molecule has 1 saturated heterocycles. The van der Waals surface area contributed by atoms with Gasteiger partial charge in [-0.1, -0.05) is 30.3 Å². The Morgan fingerprint density at radius 1 is 1.03 bits per heavy atom. The highest BCUT2D eigenvalue weighted by molar-refractivity contribution is 5.87. The summed E-state index contributed by atoms with van der Waals surface area (Å²) in [5.41, 5.74) is 5.80. The minimum atomic E-state index is 0.223. The maximum absolute atomic E-state index is 12.7. The van der Waals surface area contributed by atoms with Crippen molar-refractivity contribution in [3.63, 3.8) is 0 Å². The van der Waals surface area contributed by atoms with E-state index in [-0.39, 0.29) is 12.0 Å². The van der Waals surface area contributed by atoms with Crippen LogP contribution in [0.1, 0.15) is 33.1 Å². The van der Waals surface area contributed by atoms with Crippen LogP contribution in [-0.4, -0.2) is 49.5 Å². The SMILES string of the molecule is CC(C)Nc1ncnc2c1nc(-c1ccc(-c3ccc4occc4c3)cc1)n2CC1CCN(C(=O)C2CC2)C1. The molecule has 1 aliphatic heterocycles. The van der Waals surface area contributed by atoms with Crippen LogP contribution in [0.15, 0.2) is 65.5 Å². The number of amides is 1. The number of likely N-dealkylation sites (tertiary alicyclic amines) is 1. The van der Waals surface area contributed by atoms with Crippen LogP contribution < -0.4 is 5.32 Å². The van der Waals surface area contributed by atoms with Gasteiger partial charge in [0, 0.05) is 42.5 Å². The van der Waals surface area contributed by atoms with Crippen LogP contribution in [0.3, 0.4) is 0 Å². The lowest BCUT2D eigenvalue weighted by atomic mass is 10.0. The predicted octanol–water partition coefficient (Wildman–Crippen LogP) is 5.99. The number of aromatic nitrogens is 4. The lowest BCUT2D eigenvalue weighted by molar-refractivity contribution is -0.131. The van der Waals surface area contributed by atoms with Gasteiger partial charge in [-0.05, 0) is 68.4 Å². The summed E-state index contributed by atoms with van der Waals surface area (Å²) in [5, 5.41) is 4.52. The zero-order chi connectivity index (χ0) is 26.5. The minimum Gasteiger partial charge on any atom is -0.464 e. The second-order valence-electron chi connectivity index (χ2n) is 11.2. The van der Waals surface area contributed by atoms with Crippen LogP contribution in [0.4, 0.5) is 5.82 Å². The monoisotopic (exact) mass is 520 g/mol. The summed E-state index contributed by atoms with van der Waals surface area (Å²) >= 11 is 0. The number of fused-ring (bicyclic) bond motifs is 2. The van der Waals surface area contributed by atoms with Gasteiger partial charge >= 0.3 is 0 Å². The number of furan rings is 1. The first kappa shape index (κ1) is 23.9. The maximum atomic E-state index is 12.7. The van der Waals surface area contributed by atoms with E-state index in [4.69, 9.17) is 9.40 Å². The number of anilines is 1. The van der Waals surface area contributed by atoms with E-state index in [0.29, 0.717) is 11.8 Å². The van der Waals surface area contributed by atoms with E-state index in [1.165, 1.54) is 0 Å². The van der Waals surface area contributed by atoms with Gasteiger partial charge in [0.25, 0.3) is 0 Å². The highest BCUT2D eigenvalue weighted by Crippen LogP contribution is 2.35. The van der Waals surface area contributed by atoms with E-state index in [9.17, 15) is 4.79 Å². The van der Waals surface area contributed by atoms with Gasteiger partial charge in [-0.2, -0.15) is 0 Å². The number of hydrogen-bond acceptors (Lipinski definition) is 6. The average molecular weight is 521 g/mol. The molecule has 8 nitrogen and oxygen atoms in total. The quantitative estimate of drug-likeness (QED) is 0.284. The number of imidazole rings is 1. The fourth-order valence-electron chi connectivity index (χ4n) is 5.70. The topological polar surface area (TPSA) is 89.1 Å². The molecule has 2 fully saturated rings. The fraction of sp³-hybridized carbons (Fsp3) is 0.355. The first-order valence-corrected chi connectivity index (χ1v) is 13.9. The van der Waals surface area contributed by atoms with Crippen LogP contribution >= 0.6 is 0 Å². The summed E-state index contributed by atoms with van der Waals surface area (Å²) in [7, 11) is 0. The minimum absolute atomic E-state index is 0.223. The third-order valence-corrected chi connectivity index (χ3v) is 7.85. The Balaban J connectivity index is 1.24. The van der Waals surface area contributed by atoms with Gasteiger partial charge in [0.05, 0.1) is 6.26 Å². The van der Waals surface area contributed by atoms with Gasteiger partial charge in [0.15, 0.2) is 17.0 Å². The fourth-order valence-corrected chi connectivity index (χ4v) is 5.70. The second-order valence-corrected chi connectivity index (χ2v) is 11.2. The van der Waals surface area contributed by atoms with E-state index in [0.717, 1.165) is 89.4 Å². The van der Waals surface area contributed by atoms with Crippen LogP contribution in [0.2, 0.25) is 0 Å². The normalized spacial score (nSPS) is 17.5. The maximum Gasteiger partial charge on any atom is 0.225 e. The molecule has 3 aromatic heterocycles. The van der Waals surface area contributed by atoms with E-state index < -0.39 is 0 Å². The van der Waals surface area contributed by atoms with Crippen molar-refractivity contribution >= 4 is 33.9 Å². The number of benzene rings is 2. The van der Waals surface area contributed by atoms with Crippen molar-refractivity contribution < 1.29 is 9.21 Å². The van der Waals surface area contributed by atoms with Crippen molar-refractivity contribution in [1.29, 1.82) is 0 Å². The lowest BCUT2D eigenvalue weighted by Crippen LogP contribution is -2.30. The van der Waals surface area contributed by atoms with Crippen LogP contribution in [0.25, 0.3) is 44.6 Å². The molecule has 1 amide bonds. The molecule has 198 valence electrons. The molecule has 0 bridgehead atoms. The Morgan fingerprint density at radius 2 is 1.82 bits per heavy atom. The molecule has 4 heterocycles.